The molecule has 88 valence electrons. The first-order valence-corrected chi connectivity index (χ1v) is 5.65. The van der Waals surface area contributed by atoms with E-state index in [-0.39, 0.29) is 17.2 Å². The lowest BCUT2D eigenvalue weighted by Gasteiger charge is -2.31. The maximum atomic E-state index is 12.1. The number of furan rings is 1. The Morgan fingerprint density at radius 3 is 3.12 bits per heavy atom. The van der Waals surface area contributed by atoms with Gasteiger partial charge < -0.3 is 14.1 Å². The van der Waals surface area contributed by atoms with Crippen molar-refractivity contribution in [1.82, 2.24) is 4.90 Å². The number of rotatable bonds is 2. The second kappa shape index (κ2) is 4.89. The van der Waals surface area contributed by atoms with Gasteiger partial charge >= 0.3 is 0 Å². The molecule has 0 radical (unpaired) electrons. The summed E-state index contributed by atoms with van der Waals surface area (Å²) in [6.45, 7) is 1.37. The number of hydrogen-bond donors (Lipinski definition) is 0. The zero-order valence-electron chi connectivity index (χ0n) is 9.11. The van der Waals surface area contributed by atoms with E-state index in [0.29, 0.717) is 12.1 Å². The maximum absolute atomic E-state index is 12.1. The van der Waals surface area contributed by atoms with Gasteiger partial charge in [-0.15, -0.1) is 0 Å². The van der Waals surface area contributed by atoms with Crippen LogP contribution in [-0.2, 0) is 4.74 Å². The molecule has 16 heavy (non-hydrogen) atoms. The summed E-state index contributed by atoms with van der Waals surface area (Å²) in [5.74, 6) is -0.0829. The molecule has 0 spiro atoms. The topological polar surface area (TPSA) is 42.7 Å². The number of likely N-dealkylation sites (tertiary alicyclic amines) is 1. The lowest BCUT2D eigenvalue weighted by Crippen LogP contribution is -2.42. The third-order valence-electron chi connectivity index (χ3n) is 2.85. The van der Waals surface area contributed by atoms with Gasteiger partial charge in [-0.25, -0.2) is 0 Å². The lowest BCUT2D eigenvalue weighted by molar-refractivity contribution is 0.0268. The zero-order chi connectivity index (χ0) is 11.5. The molecule has 0 saturated carbocycles. The number of hydrogen-bond acceptors (Lipinski definition) is 3. The summed E-state index contributed by atoms with van der Waals surface area (Å²) >= 11 is 5.78. The van der Waals surface area contributed by atoms with Crippen LogP contribution in [0.15, 0.2) is 16.7 Å². The van der Waals surface area contributed by atoms with E-state index in [1.165, 1.54) is 6.26 Å². The van der Waals surface area contributed by atoms with Gasteiger partial charge in [0.25, 0.3) is 5.91 Å². The summed E-state index contributed by atoms with van der Waals surface area (Å²) in [5.41, 5.74) is 0.429. The molecule has 1 aromatic heterocycles. The second-order valence-electron chi connectivity index (χ2n) is 3.86. The van der Waals surface area contributed by atoms with Crippen LogP contribution in [0.4, 0.5) is 0 Å². The van der Waals surface area contributed by atoms with Crippen LogP contribution in [-0.4, -0.2) is 37.1 Å². The van der Waals surface area contributed by atoms with Gasteiger partial charge in [-0.3, -0.25) is 4.79 Å². The Labute approximate surface area is 99.1 Å². The minimum atomic E-state index is -0.0829. The van der Waals surface area contributed by atoms with Gasteiger partial charge in [0.15, 0.2) is 0 Å². The highest BCUT2D eigenvalue weighted by molar-refractivity contribution is 6.32. The smallest absolute Gasteiger partial charge is 0.258 e. The fourth-order valence-corrected chi connectivity index (χ4v) is 2.13. The third-order valence-corrected chi connectivity index (χ3v) is 3.14. The first-order chi connectivity index (χ1) is 7.72. The van der Waals surface area contributed by atoms with Crippen molar-refractivity contribution in [3.8, 4) is 0 Å². The number of carbonyl (C=O) groups is 1. The lowest BCUT2D eigenvalue weighted by atomic mass is 10.1. The van der Waals surface area contributed by atoms with Gasteiger partial charge in [0.2, 0.25) is 5.22 Å². The van der Waals surface area contributed by atoms with E-state index < -0.39 is 0 Å². The number of methoxy groups -OCH3 is 1. The van der Waals surface area contributed by atoms with Gasteiger partial charge in [0.05, 0.1) is 17.9 Å². The molecule has 2 heterocycles. The molecule has 1 unspecified atom stereocenters. The van der Waals surface area contributed by atoms with E-state index in [9.17, 15) is 4.79 Å². The molecule has 1 aliphatic rings. The van der Waals surface area contributed by atoms with E-state index in [2.05, 4.69) is 0 Å². The van der Waals surface area contributed by atoms with Crippen LogP contribution in [0.25, 0.3) is 0 Å². The third kappa shape index (κ3) is 2.23. The summed E-state index contributed by atoms with van der Waals surface area (Å²) < 4.78 is 10.2. The summed E-state index contributed by atoms with van der Waals surface area (Å²) in [6, 6.07) is 1.60. The molecule has 0 N–H and O–H groups in total. The van der Waals surface area contributed by atoms with Crippen LogP contribution in [0.1, 0.15) is 23.2 Å². The Kier molecular flexibility index (Phi) is 3.51. The fourth-order valence-electron chi connectivity index (χ4n) is 1.93. The molecular weight excluding hydrogens is 230 g/mol. The molecular formula is C11H14ClNO3. The number of piperidine rings is 1. The summed E-state index contributed by atoms with van der Waals surface area (Å²) in [5, 5.41) is 0.157. The van der Waals surface area contributed by atoms with Crippen LogP contribution >= 0.6 is 11.6 Å². The van der Waals surface area contributed by atoms with Crippen molar-refractivity contribution in [3.63, 3.8) is 0 Å². The van der Waals surface area contributed by atoms with Crippen molar-refractivity contribution in [3.05, 3.63) is 23.1 Å². The van der Waals surface area contributed by atoms with E-state index in [1.807, 2.05) is 0 Å². The second-order valence-corrected chi connectivity index (χ2v) is 4.20. The molecule has 0 bridgehead atoms. The van der Waals surface area contributed by atoms with Crippen LogP contribution in [0, 0.1) is 0 Å². The first-order valence-electron chi connectivity index (χ1n) is 5.27. The van der Waals surface area contributed by atoms with Crippen molar-refractivity contribution in [2.45, 2.75) is 18.9 Å². The van der Waals surface area contributed by atoms with Gasteiger partial charge in [-0.2, -0.15) is 0 Å². The highest BCUT2D eigenvalue weighted by atomic mass is 35.5. The Hall–Kier alpha value is -1.00. The minimum absolute atomic E-state index is 0.0829. The normalized spacial score (nSPS) is 21.1. The summed E-state index contributed by atoms with van der Waals surface area (Å²) in [6.07, 6.45) is 3.51. The molecule has 1 saturated heterocycles. The molecule has 1 atom stereocenters. The number of carbonyl (C=O) groups excluding carboxylic acids is 1. The Morgan fingerprint density at radius 2 is 2.50 bits per heavy atom. The number of nitrogens with zero attached hydrogens (tertiary/aromatic N) is 1. The highest BCUT2D eigenvalue weighted by Crippen LogP contribution is 2.21. The maximum Gasteiger partial charge on any atom is 0.258 e. The predicted molar refractivity (Wildman–Crippen MR) is 59.7 cm³/mol. The standard InChI is InChI=1S/C11H14ClNO3/c1-15-8-3-2-5-13(7-8)11(14)9-4-6-16-10(9)12/h4,6,8H,2-3,5,7H2,1H3. The molecule has 2 rings (SSSR count). The monoisotopic (exact) mass is 243 g/mol. The number of amides is 1. The predicted octanol–water partition coefficient (Wildman–Crippen LogP) is 2.18. The van der Waals surface area contributed by atoms with Crippen LogP contribution in [0.3, 0.4) is 0 Å². The van der Waals surface area contributed by atoms with Crippen molar-refractivity contribution < 1.29 is 13.9 Å². The average molecular weight is 244 g/mol. The fraction of sp³-hybridized carbons (Fsp3) is 0.545. The number of ether oxygens (including phenoxy) is 1. The number of halogens is 1. The Balaban J connectivity index is 2.07. The molecule has 0 aliphatic carbocycles. The highest BCUT2D eigenvalue weighted by Gasteiger charge is 2.26. The van der Waals surface area contributed by atoms with Crippen molar-refractivity contribution in [2.75, 3.05) is 20.2 Å². The average Bonchev–Trinajstić information content (AvgIpc) is 2.74. The van der Waals surface area contributed by atoms with Crippen LogP contribution in [0.5, 0.6) is 0 Å². The molecule has 5 heteroatoms. The van der Waals surface area contributed by atoms with Gasteiger partial charge in [-0.05, 0) is 30.5 Å². The van der Waals surface area contributed by atoms with Gasteiger partial charge in [0, 0.05) is 20.2 Å². The van der Waals surface area contributed by atoms with Crippen molar-refractivity contribution >= 4 is 17.5 Å². The summed E-state index contributed by atoms with van der Waals surface area (Å²) in [7, 11) is 1.67. The van der Waals surface area contributed by atoms with Gasteiger partial charge in [0.1, 0.15) is 0 Å². The first kappa shape index (κ1) is 11.5. The van der Waals surface area contributed by atoms with E-state index in [1.54, 1.807) is 18.1 Å². The quantitative estimate of drug-likeness (QED) is 0.800. The van der Waals surface area contributed by atoms with Crippen molar-refractivity contribution in [1.29, 1.82) is 0 Å². The van der Waals surface area contributed by atoms with Gasteiger partial charge in [-0.1, -0.05) is 0 Å². The molecule has 1 aliphatic heterocycles. The minimum Gasteiger partial charge on any atom is -0.452 e. The molecule has 1 fully saturated rings. The molecule has 1 amide bonds. The van der Waals surface area contributed by atoms with Crippen LogP contribution < -0.4 is 0 Å². The molecule has 4 nitrogen and oxygen atoms in total. The Morgan fingerprint density at radius 1 is 1.69 bits per heavy atom. The molecule has 0 aromatic carbocycles. The van der Waals surface area contributed by atoms with Crippen LogP contribution in [0.2, 0.25) is 5.22 Å². The SMILES string of the molecule is COC1CCCN(C(=O)c2ccoc2Cl)C1. The van der Waals surface area contributed by atoms with Crippen molar-refractivity contribution in [2.24, 2.45) is 0 Å². The molecule has 1 aromatic rings. The van der Waals surface area contributed by atoms with E-state index in [0.717, 1.165) is 19.4 Å². The Bertz CT molecular complexity index is 377. The van der Waals surface area contributed by atoms with E-state index in [4.69, 9.17) is 20.8 Å². The van der Waals surface area contributed by atoms with E-state index >= 15 is 0 Å². The zero-order valence-corrected chi connectivity index (χ0v) is 9.87. The summed E-state index contributed by atoms with van der Waals surface area (Å²) in [4.78, 5) is 13.8. The largest absolute Gasteiger partial charge is 0.452 e.